The number of pyridine rings is 1. The second-order valence-electron chi connectivity index (χ2n) is 32.2. The number of carbonyl (C=O) groups excluding carboxylic acids is 8. The lowest BCUT2D eigenvalue weighted by Crippen LogP contribution is -2.60. The number of carboxylic acids is 1. The van der Waals surface area contributed by atoms with Crippen LogP contribution in [-0.2, 0) is 70.8 Å². The van der Waals surface area contributed by atoms with Gasteiger partial charge in [0.2, 0.25) is 24.0 Å². The number of carbonyl (C=O) groups is 9. The molecule has 115 heavy (non-hydrogen) atoms. The summed E-state index contributed by atoms with van der Waals surface area (Å²) >= 11 is 1.40. The molecule has 0 spiro atoms. The van der Waals surface area contributed by atoms with Crippen LogP contribution < -0.4 is 42.0 Å². The molecule has 3 aromatic heterocycles. The molecule has 3 aliphatic heterocycles. The molecule has 6 heterocycles. The largest absolute Gasteiger partial charge is 0.476 e. The standard InChI is InChI=1S/C83H99N13O18S/c1-48(2)67(91-64(98)18-7-6-10-33-95-65(99)29-30-66(95)100)74(106)88-60(16-12-32-85-77(84)109)73(105)87-53-23-19-51(20-24-53)41-111-79(110)94(38-50-21-25-54(26-22-50)113-76-71(103)70(102)69(101)61(40-97)114-76)35-36-112-83-44-80(4)42-81(83,5)45-82(43-80,46-83)47-96-49(3)57(37-86-96)55-27-28-63(90-68(55)75(107)108)93-34-31-52-13-11-14-56(58(52)39-93)72(104)92-78-89-59-15-8-9-17-62(59)115-78/h8-9,11,13-15,17,19-30,37,48,60-61,67,69-71,76,97,101-103H,6-7,10,12,16,18,31-36,38-47H2,1-5H3,(H,87,105)(H,88,106)(H,91,98)(H,107,108)(H3,84,85,109)(H,89,92,104)/t60-,61+,67-,69+,70+,71+,76-,80?,81?,82?,83?/m0/s1. The van der Waals surface area contributed by atoms with Gasteiger partial charge in [0.1, 0.15) is 54.7 Å². The number of aliphatic hydroxyl groups excluding tert-OH is 4. The number of unbranched alkanes of at least 4 members (excludes halogenated alkanes) is 2. The van der Waals surface area contributed by atoms with Gasteiger partial charge in [0.25, 0.3) is 17.7 Å². The molecule has 31 nitrogen and oxygen atoms in total. The average molecular weight is 1600 g/mol. The number of carboxylic acid groups (broad SMARTS) is 1. The zero-order valence-corrected chi connectivity index (χ0v) is 65.7. The topological polar surface area (TPSA) is 431 Å². The van der Waals surface area contributed by atoms with Crippen molar-refractivity contribution >= 4 is 91.7 Å². The minimum absolute atomic E-state index is 0.0383. The molecule has 4 unspecified atom stereocenters. The van der Waals surface area contributed by atoms with Gasteiger partial charge >= 0.3 is 18.1 Å². The number of fused-ring (bicyclic) bond motifs is 2. The average Bonchev–Trinajstić information content (AvgIpc) is 1.50. The molecule has 14 rings (SSSR count). The van der Waals surface area contributed by atoms with Crippen LogP contribution in [0.5, 0.6) is 5.75 Å². The van der Waals surface area contributed by atoms with Crippen molar-refractivity contribution in [2.45, 2.75) is 186 Å². The maximum absolute atomic E-state index is 14.6. The smallest absolute Gasteiger partial charge is 0.410 e. The Morgan fingerprint density at radius 1 is 0.791 bits per heavy atom. The van der Waals surface area contributed by atoms with Crippen molar-refractivity contribution in [3.05, 3.63) is 161 Å². The van der Waals surface area contributed by atoms with Crippen molar-refractivity contribution in [2.75, 3.05) is 54.9 Å². The quantitative estimate of drug-likeness (QED) is 0.0136. The highest BCUT2D eigenvalue weighted by Gasteiger charge is 2.74. The second-order valence-corrected chi connectivity index (χ2v) is 33.2. The van der Waals surface area contributed by atoms with Crippen molar-refractivity contribution in [1.82, 2.24) is 45.5 Å². The molecule has 4 aliphatic carbocycles. The zero-order chi connectivity index (χ0) is 81.7. The molecule has 4 bridgehead atoms. The molecule has 4 aromatic carbocycles. The molecule has 11 atom stereocenters. The Morgan fingerprint density at radius 3 is 2.28 bits per heavy atom. The summed E-state index contributed by atoms with van der Waals surface area (Å²) < 4.78 is 27.7. The number of imide groups is 1. The number of benzene rings is 4. The number of hydrogen-bond acceptors (Lipinski definition) is 22. The number of nitrogens with zero attached hydrogens (tertiary/aromatic N) is 7. The van der Waals surface area contributed by atoms with E-state index in [9.17, 15) is 68.7 Å². The predicted octanol–water partition coefficient (Wildman–Crippen LogP) is 7.64. The van der Waals surface area contributed by atoms with Crippen LogP contribution in [0.15, 0.2) is 121 Å². The van der Waals surface area contributed by atoms with Gasteiger partial charge in [-0.15, -0.1) is 0 Å². The summed E-state index contributed by atoms with van der Waals surface area (Å²) in [5, 5.41) is 71.5. The number of urea groups is 1. The van der Waals surface area contributed by atoms with Gasteiger partial charge in [0, 0.05) is 92.5 Å². The molecule has 610 valence electrons. The van der Waals surface area contributed by atoms with E-state index in [-0.39, 0.29) is 110 Å². The van der Waals surface area contributed by atoms with Gasteiger partial charge in [-0.2, -0.15) is 5.10 Å². The van der Waals surface area contributed by atoms with E-state index >= 15 is 0 Å². The van der Waals surface area contributed by atoms with E-state index in [0.29, 0.717) is 96.2 Å². The first-order valence-electron chi connectivity index (χ1n) is 39.0. The number of amides is 9. The summed E-state index contributed by atoms with van der Waals surface area (Å²) in [6.45, 7) is 11.3. The highest BCUT2D eigenvalue weighted by molar-refractivity contribution is 7.22. The number of para-hydroxylation sites is 1. The summed E-state index contributed by atoms with van der Waals surface area (Å²) in [6.07, 6.45) is 2.62. The summed E-state index contributed by atoms with van der Waals surface area (Å²) in [7, 11) is 0. The number of nitrogens with two attached hydrogens (primary N) is 1. The maximum Gasteiger partial charge on any atom is 0.410 e. The van der Waals surface area contributed by atoms with Crippen LogP contribution in [-0.4, -0.2) is 196 Å². The Bertz CT molecular complexity index is 4790. The SMILES string of the molecule is Cc1c(-c2ccc(N3CCc4cccc(C(=O)Nc5nc6ccccc6s5)c4C3)nc2C(=O)O)cnn1CC12CC3(C)CC(C)(C1)C(OCCN(Cc1ccc(O[C@H]4O[C@H](CO)[C@@H](O)[C@@H](O)[C@H]4O)cc1)C(=O)OCc1ccc(NC(=O)[C@H](CCCNC(N)=O)NC(=O)[C@@H](NC(=O)CCCCCN4C(=O)C=CC4=O)C(C)C)cc1)(C3)C2. The van der Waals surface area contributed by atoms with Gasteiger partial charge in [0.05, 0.1) is 35.2 Å². The van der Waals surface area contributed by atoms with E-state index in [1.165, 1.54) is 28.4 Å². The van der Waals surface area contributed by atoms with Gasteiger partial charge in [-0.3, -0.25) is 43.7 Å². The van der Waals surface area contributed by atoms with Crippen molar-refractivity contribution in [3.8, 4) is 16.9 Å². The van der Waals surface area contributed by atoms with Gasteiger partial charge in [0.15, 0.2) is 10.8 Å². The van der Waals surface area contributed by atoms with E-state index in [2.05, 4.69) is 45.4 Å². The van der Waals surface area contributed by atoms with Crippen molar-refractivity contribution in [2.24, 2.45) is 27.9 Å². The number of aromatic carboxylic acids is 1. The highest BCUT2D eigenvalue weighted by Crippen LogP contribution is 2.77. The number of thiazole rings is 1. The Morgan fingerprint density at radius 2 is 1.55 bits per heavy atom. The number of aromatic nitrogens is 4. The molecule has 1 saturated heterocycles. The molecule has 5 fully saturated rings. The van der Waals surface area contributed by atoms with Crippen molar-refractivity contribution in [1.29, 1.82) is 0 Å². The molecular formula is C83H99N13O18S. The van der Waals surface area contributed by atoms with Gasteiger partial charge in [-0.1, -0.05) is 94.0 Å². The fourth-order valence-corrected chi connectivity index (χ4v) is 18.9. The lowest BCUT2D eigenvalue weighted by molar-refractivity contribution is -0.277. The second kappa shape index (κ2) is 34.8. The van der Waals surface area contributed by atoms with E-state index in [4.69, 9.17) is 34.8 Å². The summed E-state index contributed by atoms with van der Waals surface area (Å²) in [5.41, 5.74) is 10.5. The zero-order valence-electron chi connectivity index (χ0n) is 64.9. The number of rotatable bonds is 34. The normalized spacial score (nSPS) is 23.7. The predicted molar refractivity (Wildman–Crippen MR) is 423 cm³/mol. The van der Waals surface area contributed by atoms with E-state index in [0.717, 1.165) is 57.6 Å². The third kappa shape index (κ3) is 18.5. The van der Waals surface area contributed by atoms with Crippen LogP contribution >= 0.6 is 11.3 Å². The molecule has 0 radical (unpaired) electrons. The molecule has 7 aromatic rings. The number of hydrogen-bond donors (Lipinski definition) is 11. The van der Waals surface area contributed by atoms with Crippen LogP contribution in [0.2, 0.25) is 0 Å². The maximum atomic E-state index is 14.6. The van der Waals surface area contributed by atoms with Crippen LogP contribution in [0.4, 0.5) is 26.2 Å². The first-order chi connectivity index (χ1) is 55.0. The van der Waals surface area contributed by atoms with Crippen molar-refractivity contribution < 1.29 is 87.6 Å². The monoisotopic (exact) mass is 1600 g/mol. The highest BCUT2D eigenvalue weighted by atomic mass is 32.1. The summed E-state index contributed by atoms with van der Waals surface area (Å²) in [4.78, 5) is 132. The molecule has 7 aliphatic rings. The summed E-state index contributed by atoms with van der Waals surface area (Å²) in [6, 6.07) is 27.2. The number of anilines is 3. The summed E-state index contributed by atoms with van der Waals surface area (Å²) in [5.74, 6) is -3.52. The molecule has 12 N–H and O–H groups in total. The molecular weight excluding hydrogens is 1500 g/mol. The van der Waals surface area contributed by atoms with Gasteiger partial charge in [-0.25, -0.2) is 24.4 Å². The van der Waals surface area contributed by atoms with E-state index in [1.54, 1.807) is 80.7 Å². The number of nitrogens with one attached hydrogen (secondary N) is 5. The fourth-order valence-electron chi connectivity index (χ4n) is 18.1. The van der Waals surface area contributed by atoms with Crippen LogP contribution in [0.25, 0.3) is 21.3 Å². The van der Waals surface area contributed by atoms with Crippen molar-refractivity contribution in [3.63, 3.8) is 0 Å². The molecule has 9 amide bonds. The lowest BCUT2D eigenvalue weighted by Gasteiger charge is -2.46. The van der Waals surface area contributed by atoms with Crippen LogP contribution in [0, 0.1) is 29.1 Å². The van der Waals surface area contributed by atoms with Crippen LogP contribution in [0.3, 0.4) is 0 Å². The number of primary amides is 1. The Balaban J connectivity index is 0.660. The molecule has 32 heteroatoms. The third-order valence-corrected chi connectivity index (χ3v) is 24.2. The van der Waals surface area contributed by atoms with E-state index in [1.807, 2.05) is 59.0 Å². The third-order valence-electron chi connectivity index (χ3n) is 23.2. The number of ether oxygens (including phenoxy) is 4. The Labute approximate surface area is 668 Å². The number of aliphatic hydroxyl groups is 4. The minimum atomic E-state index is -1.66. The Hall–Kier alpha value is -10.7. The van der Waals surface area contributed by atoms with E-state index < -0.39 is 90.8 Å². The first kappa shape index (κ1) is 82.2. The van der Waals surface area contributed by atoms with Gasteiger partial charge in [-0.05, 0) is 170 Å². The minimum Gasteiger partial charge on any atom is -0.476 e. The Kier molecular flexibility index (Phi) is 24.9. The first-order valence-corrected chi connectivity index (χ1v) is 39.8. The molecule has 4 saturated carbocycles. The lowest BCUT2D eigenvalue weighted by atomic mass is 9.60. The fraction of sp³-hybridized carbons (Fsp3) is 0.470. The van der Waals surface area contributed by atoms with Crippen LogP contribution in [0.1, 0.15) is 147 Å². The van der Waals surface area contributed by atoms with Gasteiger partial charge < -0.3 is 81.3 Å².